The van der Waals surface area contributed by atoms with Gasteiger partial charge in [0, 0.05) is 19.1 Å². The van der Waals surface area contributed by atoms with Gasteiger partial charge in [0.1, 0.15) is 13.2 Å². The molecule has 3 rings (SSSR count). The summed E-state index contributed by atoms with van der Waals surface area (Å²) < 4.78 is 11.1. The van der Waals surface area contributed by atoms with Crippen molar-refractivity contribution in [3.8, 4) is 11.5 Å². The predicted molar refractivity (Wildman–Crippen MR) is 91.3 cm³/mol. The molecule has 5 nitrogen and oxygen atoms in total. The monoisotopic (exact) mass is 340 g/mol. The molecule has 1 atom stereocenters. The van der Waals surface area contributed by atoms with Crippen molar-refractivity contribution in [2.45, 2.75) is 32.7 Å². The topological polar surface area (TPSA) is 64.8 Å². The maximum absolute atomic E-state index is 12.5. The van der Waals surface area contributed by atoms with Crippen molar-refractivity contribution in [2.75, 3.05) is 26.3 Å². The van der Waals surface area contributed by atoms with Crippen LogP contribution in [0.3, 0.4) is 0 Å². The van der Waals surface area contributed by atoms with E-state index in [0.717, 1.165) is 36.6 Å². The van der Waals surface area contributed by atoms with Gasteiger partial charge >= 0.3 is 0 Å². The third-order valence-corrected chi connectivity index (χ3v) is 4.63. The molecule has 2 heterocycles. The number of rotatable bonds is 2. The van der Waals surface area contributed by atoms with E-state index < -0.39 is 0 Å². The van der Waals surface area contributed by atoms with Crippen LogP contribution < -0.4 is 15.2 Å². The van der Waals surface area contributed by atoms with E-state index in [1.165, 1.54) is 0 Å². The molecule has 2 N–H and O–H groups in total. The number of likely N-dealkylation sites (tertiary alicyclic amines) is 1. The van der Waals surface area contributed by atoms with Crippen LogP contribution in [0.25, 0.3) is 0 Å². The second-order valence-corrected chi connectivity index (χ2v) is 6.85. The number of carbonyl (C=O) groups excluding carboxylic acids is 1. The average molecular weight is 341 g/mol. The molecule has 1 fully saturated rings. The number of carbonyl (C=O) groups is 1. The van der Waals surface area contributed by atoms with Gasteiger partial charge in [-0.15, -0.1) is 12.4 Å². The smallest absolute Gasteiger partial charge is 0.227 e. The van der Waals surface area contributed by atoms with Crippen LogP contribution in [0.1, 0.15) is 25.8 Å². The molecule has 0 aliphatic carbocycles. The molecule has 1 saturated heterocycles. The van der Waals surface area contributed by atoms with Crippen LogP contribution in [0.15, 0.2) is 18.2 Å². The summed E-state index contributed by atoms with van der Waals surface area (Å²) >= 11 is 0. The lowest BCUT2D eigenvalue weighted by molar-refractivity contribution is -0.133. The summed E-state index contributed by atoms with van der Waals surface area (Å²) in [6.07, 6.45) is 1.25. The first-order valence-corrected chi connectivity index (χ1v) is 7.87. The number of hydrogen-bond acceptors (Lipinski definition) is 4. The third kappa shape index (κ3) is 3.90. The summed E-state index contributed by atoms with van der Waals surface area (Å²) in [6.45, 7) is 6.85. The summed E-state index contributed by atoms with van der Waals surface area (Å²) in [5.74, 6) is 1.64. The molecule has 0 spiro atoms. The zero-order valence-electron chi connectivity index (χ0n) is 13.7. The van der Waals surface area contributed by atoms with Crippen LogP contribution in [-0.2, 0) is 11.2 Å². The number of nitrogens with zero attached hydrogens (tertiary/aromatic N) is 1. The molecule has 23 heavy (non-hydrogen) atoms. The molecule has 0 aromatic heterocycles. The Balaban J connectivity index is 0.00000192. The predicted octanol–water partition coefficient (Wildman–Crippen LogP) is 2.01. The molecular formula is C17H25ClN2O3. The zero-order chi connectivity index (χ0) is 15.7. The second-order valence-electron chi connectivity index (χ2n) is 6.85. The Morgan fingerprint density at radius 2 is 2.00 bits per heavy atom. The van der Waals surface area contributed by atoms with E-state index >= 15 is 0 Å². The van der Waals surface area contributed by atoms with Crippen LogP contribution in [-0.4, -0.2) is 43.2 Å². The molecule has 2 aliphatic heterocycles. The maximum atomic E-state index is 12.5. The number of amides is 1. The minimum Gasteiger partial charge on any atom is -0.486 e. The quantitative estimate of drug-likeness (QED) is 0.894. The normalized spacial score (nSPS) is 22.2. The lowest BCUT2D eigenvalue weighted by Gasteiger charge is -2.42. The van der Waals surface area contributed by atoms with Crippen molar-refractivity contribution < 1.29 is 14.3 Å². The van der Waals surface area contributed by atoms with Gasteiger partial charge in [-0.25, -0.2) is 0 Å². The van der Waals surface area contributed by atoms with Crippen molar-refractivity contribution in [3.63, 3.8) is 0 Å². The van der Waals surface area contributed by atoms with E-state index in [2.05, 4.69) is 13.8 Å². The lowest BCUT2D eigenvalue weighted by atomic mass is 9.79. The summed E-state index contributed by atoms with van der Waals surface area (Å²) in [5, 5.41) is 0. The minimum atomic E-state index is -0.0271. The van der Waals surface area contributed by atoms with Crippen LogP contribution in [0.4, 0.5) is 0 Å². The fraction of sp³-hybridized carbons (Fsp3) is 0.588. The lowest BCUT2D eigenvalue weighted by Crippen LogP contribution is -2.54. The number of piperidine rings is 1. The molecular weight excluding hydrogens is 316 g/mol. The van der Waals surface area contributed by atoms with Gasteiger partial charge in [-0.3, -0.25) is 4.79 Å². The van der Waals surface area contributed by atoms with Gasteiger partial charge in [-0.05, 0) is 29.5 Å². The van der Waals surface area contributed by atoms with Crippen LogP contribution in [0.2, 0.25) is 0 Å². The van der Waals surface area contributed by atoms with E-state index in [-0.39, 0.29) is 29.8 Å². The Kier molecular flexibility index (Phi) is 5.42. The molecule has 2 aliphatic rings. The van der Waals surface area contributed by atoms with Gasteiger partial charge in [-0.2, -0.15) is 0 Å². The van der Waals surface area contributed by atoms with Crippen LogP contribution >= 0.6 is 12.4 Å². The van der Waals surface area contributed by atoms with E-state index in [1.807, 2.05) is 23.1 Å². The van der Waals surface area contributed by atoms with Gasteiger partial charge in [-0.1, -0.05) is 19.9 Å². The highest BCUT2D eigenvalue weighted by molar-refractivity contribution is 5.85. The van der Waals surface area contributed by atoms with E-state index in [1.54, 1.807) is 0 Å². The summed E-state index contributed by atoms with van der Waals surface area (Å²) in [7, 11) is 0. The van der Waals surface area contributed by atoms with E-state index in [9.17, 15) is 4.79 Å². The Bertz CT molecular complexity index is 577. The van der Waals surface area contributed by atoms with Crippen molar-refractivity contribution >= 4 is 18.3 Å². The molecule has 1 aromatic rings. The molecule has 1 unspecified atom stereocenters. The number of benzene rings is 1. The highest BCUT2D eigenvalue weighted by atomic mass is 35.5. The molecule has 1 aromatic carbocycles. The molecule has 128 valence electrons. The highest BCUT2D eigenvalue weighted by Crippen LogP contribution is 2.32. The fourth-order valence-electron chi connectivity index (χ4n) is 3.07. The number of halogens is 1. The van der Waals surface area contributed by atoms with Crippen molar-refractivity contribution in [1.82, 2.24) is 4.90 Å². The molecule has 0 saturated carbocycles. The van der Waals surface area contributed by atoms with E-state index in [0.29, 0.717) is 19.6 Å². The molecule has 1 amide bonds. The number of ether oxygens (including phenoxy) is 2. The average Bonchev–Trinajstić information content (AvgIpc) is 2.49. The molecule has 0 bridgehead atoms. The van der Waals surface area contributed by atoms with Gasteiger partial charge in [0.15, 0.2) is 11.5 Å². The molecule has 0 radical (unpaired) electrons. The Morgan fingerprint density at radius 1 is 1.30 bits per heavy atom. The van der Waals surface area contributed by atoms with E-state index in [4.69, 9.17) is 15.2 Å². The number of hydrogen-bond donors (Lipinski definition) is 1. The maximum Gasteiger partial charge on any atom is 0.227 e. The van der Waals surface area contributed by atoms with Crippen molar-refractivity contribution in [3.05, 3.63) is 23.8 Å². The summed E-state index contributed by atoms with van der Waals surface area (Å²) in [6, 6.07) is 5.89. The van der Waals surface area contributed by atoms with Crippen molar-refractivity contribution in [2.24, 2.45) is 11.1 Å². The minimum absolute atomic E-state index is 0. The van der Waals surface area contributed by atoms with Gasteiger partial charge < -0.3 is 20.1 Å². The zero-order valence-corrected chi connectivity index (χ0v) is 14.5. The van der Waals surface area contributed by atoms with Crippen molar-refractivity contribution in [1.29, 1.82) is 0 Å². The summed E-state index contributed by atoms with van der Waals surface area (Å²) in [4.78, 5) is 14.5. The first-order chi connectivity index (χ1) is 10.5. The van der Waals surface area contributed by atoms with Crippen LogP contribution in [0, 0.1) is 5.41 Å². The van der Waals surface area contributed by atoms with Gasteiger partial charge in [0.2, 0.25) is 5.91 Å². The highest BCUT2D eigenvalue weighted by Gasteiger charge is 2.35. The Hall–Kier alpha value is -1.46. The number of nitrogens with two attached hydrogens (primary N) is 1. The van der Waals surface area contributed by atoms with Gasteiger partial charge in [0.25, 0.3) is 0 Å². The largest absolute Gasteiger partial charge is 0.486 e. The van der Waals surface area contributed by atoms with Crippen LogP contribution in [0.5, 0.6) is 11.5 Å². The Morgan fingerprint density at radius 3 is 2.70 bits per heavy atom. The fourth-order valence-corrected chi connectivity index (χ4v) is 3.07. The third-order valence-electron chi connectivity index (χ3n) is 4.63. The Labute approximate surface area is 143 Å². The van der Waals surface area contributed by atoms with Gasteiger partial charge in [0.05, 0.1) is 6.42 Å². The SMILES string of the molecule is CC1(C)CN(C(=O)Cc2ccc3c(c2)OCCO3)CCC1N.Cl. The first-order valence-electron chi connectivity index (χ1n) is 7.87. The standard InChI is InChI=1S/C17H24N2O3.ClH/c1-17(2)11-19(6-5-15(17)18)16(20)10-12-3-4-13-14(9-12)22-8-7-21-13;/h3-4,9,15H,5-8,10-11,18H2,1-2H3;1H. The number of fused-ring (bicyclic) bond motifs is 1. The first kappa shape index (κ1) is 17.9. The second kappa shape index (κ2) is 6.97. The summed E-state index contributed by atoms with van der Waals surface area (Å²) in [5.41, 5.74) is 7.07. The molecule has 6 heteroatoms.